The Bertz CT molecular complexity index is 1030. The Labute approximate surface area is 178 Å². The van der Waals surface area contributed by atoms with Crippen LogP contribution in [-0.4, -0.2) is 59.0 Å². The van der Waals surface area contributed by atoms with Crippen LogP contribution in [0.5, 0.6) is 0 Å². The Morgan fingerprint density at radius 3 is 2.63 bits per heavy atom. The maximum absolute atomic E-state index is 13.0. The molecule has 3 aromatic rings. The Kier molecular flexibility index (Phi) is 5.80. The van der Waals surface area contributed by atoms with Crippen LogP contribution in [0, 0.1) is 0 Å². The van der Waals surface area contributed by atoms with Gasteiger partial charge in [0.15, 0.2) is 5.13 Å². The molecule has 0 bridgehead atoms. The highest BCUT2D eigenvalue weighted by Gasteiger charge is 2.24. The molecule has 0 spiro atoms. The summed E-state index contributed by atoms with van der Waals surface area (Å²) in [6.07, 6.45) is 1.77. The number of thiazole rings is 1. The molecule has 3 amide bonds. The summed E-state index contributed by atoms with van der Waals surface area (Å²) in [5.41, 5.74) is 2.07. The molecular weight excluding hydrogens is 400 g/mol. The van der Waals surface area contributed by atoms with Gasteiger partial charge in [-0.3, -0.25) is 4.79 Å². The van der Waals surface area contributed by atoms with Gasteiger partial charge in [-0.25, -0.2) is 14.8 Å². The predicted octanol–water partition coefficient (Wildman–Crippen LogP) is 3.18. The minimum atomic E-state index is -0.284. The van der Waals surface area contributed by atoms with Crippen LogP contribution in [0.2, 0.25) is 0 Å². The third kappa shape index (κ3) is 4.51. The second-order valence-corrected chi connectivity index (χ2v) is 8.39. The molecule has 1 saturated heterocycles. The number of aromatic nitrogens is 2. The van der Waals surface area contributed by atoms with E-state index >= 15 is 0 Å². The van der Waals surface area contributed by atoms with Gasteiger partial charge in [-0.1, -0.05) is 17.4 Å². The number of carbonyl (C=O) groups is 2. The van der Waals surface area contributed by atoms with Gasteiger partial charge in [-0.2, -0.15) is 0 Å². The molecule has 30 heavy (non-hydrogen) atoms. The van der Waals surface area contributed by atoms with E-state index in [9.17, 15) is 9.59 Å². The van der Waals surface area contributed by atoms with Gasteiger partial charge in [0.2, 0.25) is 0 Å². The minimum Gasteiger partial charge on any atom is -0.344 e. The number of benzene rings is 1. The molecule has 0 saturated carbocycles. The summed E-state index contributed by atoms with van der Waals surface area (Å²) in [5.74, 6) is -0.0338. The lowest BCUT2D eigenvalue weighted by Gasteiger charge is -2.34. The van der Waals surface area contributed by atoms with Gasteiger partial charge in [0, 0.05) is 49.7 Å². The van der Waals surface area contributed by atoms with Crippen molar-refractivity contribution in [1.29, 1.82) is 0 Å². The number of urea groups is 1. The first kappa shape index (κ1) is 20.1. The van der Waals surface area contributed by atoms with E-state index in [0.717, 1.165) is 28.6 Å². The third-order valence-electron chi connectivity index (χ3n) is 4.78. The zero-order chi connectivity index (χ0) is 21.1. The summed E-state index contributed by atoms with van der Waals surface area (Å²) in [6.45, 7) is 6.47. The van der Waals surface area contributed by atoms with Crippen LogP contribution in [0.4, 0.5) is 15.6 Å². The van der Waals surface area contributed by atoms with E-state index < -0.39 is 0 Å². The average Bonchev–Trinajstić information content (AvgIpc) is 3.17. The highest BCUT2D eigenvalue weighted by Crippen LogP contribution is 2.27. The quantitative estimate of drug-likeness (QED) is 0.671. The molecule has 2 aromatic heterocycles. The van der Waals surface area contributed by atoms with E-state index in [1.54, 1.807) is 41.8 Å². The summed E-state index contributed by atoms with van der Waals surface area (Å²) in [6, 6.07) is 10.7. The van der Waals surface area contributed by atoms with E-state index in [-0.39, 0.29) is 18.0 Å². The van der Waals surface area contributed by atoms with Gasteiger partial charge in [0.05, 0.1) is 0 Å². The number of pyridine rings is 1. The van der Waals surface area contributed by atoms with Gasteiger partial charge in [-0.15, -0.1) is 0 Å². The first-order chi connectivity index (χ1) is 14.5. The van der Waals surface area contributed by atoms with Crippen molar-refractivity contribution >= 4 is 44.4 Å². The highest BCUT2D eigenvalue weighted by atomic mass is 32.1. The lowest BCUT2D eigenvalue weighted by molar-refractivity contribution is 0.0747. The lowest BCUT2D eigenvalue weighted by Crippen LogP contribution is -2.48. The Morgan fingerprint density at radius 2 is 1.90 bits per heavy atom. The molecule has 0 radical (unpaired) electrons. The SMILES string of the molecule is CC(C)NC(=O)Nc1cccc(C(=O)N2CCN(c3nc4cccnc4s3)CC2)c1. The minimum absolute atomic E-state index is 0.0338. The number of amides is 3. The molecular formula is C21H24N6O2S. The molecule has 9 heteroatoms. The molecule has 1 fully saturated rings. The number of hydrogen-bond donors (Lipinski definition) is 2. The van der Waals surface area contributed by atoms with E-state index in [0.29, 0.717) is 24.3 Å². The molecule has 0 aliphatic carbocycles. The number of nitrogens with zero attached hydrogens (tertiary/aromatic N) is 4. The predicted molar refractivity (Wildman–Crippen MR) is 119 cm³/mol. The normalized spacial score (nSPS) is 14.2. The van der Waals surface area contributed by atoms with Crippen LogP contribution in [0.25, 0.3) is 10.3 Å². The summed E-state index contributed by atoms with van der Waals surface area (Å²) < 4.78 is 0. The number of nitrogens with one attached hydrogen (secondary N) is 2. The standard InChI is InChI=1S/C21H24N6O2S/c1-14(2)23-20(29)24-16-6-3-5-15(13-16)19(28)26-9-11-27(12-10-26)21-25-17-7-4-8-22-18(17)30-21/h3-8,13-14H,9-12H2,1-2H3,(H2,23,24,29). The molecule has 1 aliphatic heterocycles. The van der Waals surface area contributed by atoms with Crippen molar-refractivity contribution in [1.82, 2.24) is 20.2 Å². The lowest BCUT2D eigenvalue weighted by atomic mass is 10.1. The van der Waals surface area contributed by atoms with Crippen molar-refractivity contribution in [3.8, 4) is 0 Å². The first-order valence-electron chi connectivity index (χ1n) is 9.93. The maximum Gasteiger partial charge on any atom is 0.319 e. The van der Waals surface area contributed by atoms with Crippen molar-refractivity contribution in [2.45, 2.75) is 19.9 Å². The fraction of sp³-hybridized carbons (Fsp3) is 0.333. The molecule has 1 aromatic carbocycles. The second kappa shape index (κ2) is 8.66. The number of carbonyl (C=O) groups excluding carboxylic acids is 2. The molecule has 156 valence electrons. The van der Waals surface area contributed by atoms with E-state index in [1.165, 1.54) is 0 Å². The maximum atomic E-state index is 13.0. The molecule has 1 aliphatic rings. The van der Waals surface area contributed by atoms with Crippen molar-refractivity contribution in [3.05, 3.63) is 48.2 Å². The number of anilines is 2. The fourth-order valence-corrected chi connectivity index (χ4v) is 4.30. The third-order valence-corrected chi connectivity index (χ3v) is 5.82. The highest BCUT2D eigenvalue weighted by molar-refractivity contribution is 7.21. The zero-order valence-corrected chi connectivity index (χ0v) is 17.8. The second-order valence-electron chi connectivity index (χ2n) is 7.44. The van der Waals surface area contributed by atoms with Crippen molar-refractivity contribution in [3.63, 3.8) is 0 Å². The molecule has 0 atom stereocenters. The van der Waals surface area contributed by atoms with Crippen LogP contribution >= 0.6 is 11.3 Å². The summed E-state index contributed by atoms with van der Waals surface area (Å²) in [7, 11) is 0. The number of rotatable bonds is 4. The summed E-state index contributed by atoms with van der Waals surface area (Å²) in [5, 5.41) is 6.49. The summed E-state index contributed by atoms with van der Waals surface area (Å²) >= 11 is 1.58. The monoisotopic (exact) mass is 424 g/mol. The Balaban J connectivity index is 1.38. The topological polar surface area (TPSA) is 90.5 Å². The van der Waals surface area contributed by atoms with E-state index in [4.69, 9.17) is 0 Å². The van der Waals surface area contributed by atoms with Crippen LogP contribution < -0.4 is 15.5 Å². The van der Waals surface area contributed by atoms with Gasteiger partial charge in [0.25, 0.3) is 5.91 Å². The van der Waals surface area contributed by atoms with Crippen LogP contribution in [0.15, 0.2) is 42.6 Å². The largest absolute Gasteiger partial charge is 0.344 e. The van der Waals surface area contributed by atoms with Gasteiger partial charge in [-0.05, 0) is 44.2 Å². The zero-order valence-electron chi connectivity index (χ0n) is 17.0. The molecule has 8 nitrogen and oxygen atoms in total. The van der Waals surface area contributed by atoms with Crippen molar-refractivity contribution in [2.75, 3.05) is 36.4 Å². The molecule has 4 rings (SSSR count). The molecule has 0 unspecified atom stereocenters. The van der Waals surface area contributed by atoms with E-state index in [2.05, 4.69) is 25.5 Å². The number of fused-ring (bicyclic) bond motifs is 1. The average molecular weight is 425 g/mol. The van der Waals surface area contributed by atoms with Gasteiger partial charge >= 0.3 is 6.03 Å². The van der Waals surface area contributed by atoms with Crippen molar-refractivity contribution in [2.24, 2.45) is 0 Å². The smallest absolute Gasteiger partial charge is 0.319 e. The number of hydrogen-bond acceptors (Lipinski definition) is 6. The number of piperazine rings is 1. The van der Waals surface area contributed by atoms with Gasteiger partial charge < -0.3 is 20.4 Å². The van der Waals surface area contributed by atoms with Crippen molar-refractivity contribution < 1.29 is 9.59 Å². The van der Waals surface area contributed by atoms with Crippen LogP contribution in [-0.2, 0) is 0 Å². The summed E-state index contributed by atoms with van der Waals surface area (Å²) in [4.78, 5) is 38.8. The van der Waals surface area contributed by atoms with E-state index in [1.807, 2.05) is 30.9 Å². The Hall–Kier alpha value is -3.20. The molecule has 3 heterocycles. The van der Waals surface area contributed by atoms with Crippen LogP contribution in [0.1, 0.15) is 24.2 Å². The van der Waals surface area contributed by atoms with Crippen LogP contribution in [0.3, 0.4) is 0 Å². The first-order valence-corrected chi connectivity index (χ1v) is 10.7. The Morgan fingerprint density at radius 1 is 1.10 bits per heavy atom. The van der Waals surface area contributed by atoms with Gasteiger partial charge in [0.1, 0.15) is 10.3 Å². The fourth-order valence-electron chi connectivity index (χ4n) is 3.34. The molecule has 2 N–H and O–H groups in total.